The number of hydrogen-bond donors (Lipinski definition) is 0. The zero-order valence-corrected chi connectivity index (χ0v) is 11.7. The Morgan fingerprint density at radius 2 is 2.13 bits per heavy atom. The van der Waals surface area contributed by atoms with Gasteiger partial charge in [-0.05, 0) is 55.9 Å². The van der Waals surface area contributed by atoms with Gasteiger partial charge in [-0.25, -0.2) is 0 Å². The maximum absolute atomic E-state index is 6.09. The Kier molecular flexibility index (Phi) is 4.84. The van der Waals surface area contributed by atoms with Gasteiger partial charge >= 0.3 is 0 Å². The van der Waals surface area contributed by atoms with Crippen molar-refractivity contribution >= 4 is 27.7 Å². The molecule has 2 saturated heterocycles. The van der Waals surface area contributed by atoms with E-state index in [1.165, 1.54) is 50.0 Å². The van der Waals surface area contributed by atoms with Crippen molar-refractivity contribution in [1.29, 1.82) is 0 Å². The van der Waals surface area contributed by atoms with Crippen molar-refractivity contribution in [1.82, 2.24) is 0 Å². The molecule has 1 unspecified atom stereocenters. The monoisotopic (exact) mass is 292 g/mol. The molecule has 88 valence electrons. The maximum atomic E-state index is 6.09. The zero-order chi connectivity index (χ0) is 10.6. The fraction of sp³-hybridized carbons (Fsp3) is 1.00. The maximum Gasteiger partial charge on any atom is 0.0700 e. The van der Waals surface area contributed by atoms with Gasteiger partial charge in [0, 0.05) is 11.9 Å². The summed E-state index contributed by atoms with van der Waals surface area (Å²) in [4.78, 5) is 0. The molecule has 3 heteroatoms. The first kappa shape index (κ1) is 12.3. The average Bonchev–Trinajstić information content (AvgIpc) is 2.28. The highest BCUT2D eigenvalue weighted by molar-refractivity contribution is 9.09. The van der Waals surface area contributed by atoms with Crippen LogP contribution in [0.15, 0.2) is 0 Å². The molecule has 0 saturated carbocycles. The first-order valence-electron chi connectivity index (χ1n) is 6.12. The van der Waals surface area contributed by atoms with E-state index >= 15 is 0 Å². The third-order valence-corrected chi connectivity index (χ3v) is 5.29. The van der Waals surface area contributed by atoms with Crippen molar-refractivity contribution in [3.8, 4) is 0 Å². The van der Waals surface area contributed by atoms with Crippen molar-refractivity contribution in [2.75, 3.05) is 23.4 Å². The molecule has 0 aromatic carbocycles. The summed E-state index contributed by atoms with van der Waals surface area (Å²) in [5.41, 5.74) is 0.292. The van der Waals surface area contributed by atoms with Gasteiger partial charge < -0.3 is 4.74 Å². The van der Waals surface area contributed by atoms with Crippen LogP contribution in [0.2, 0.25) is 0 Å². The lowest BCUT2D eigenvalue weighted by Gasteiger charge is -2.43. The number of halogens is 1. The molecule has 2 heterocycles. The summed E-state index contributed by atoms with van der Waals surface area (Å²) < 4.78 is 6.09. The van der Waals surface area contributed by atoms with Crippen molar-refractivity contribution in [2.24, 2.45) is 5.92 Å². The summed E-state index contributed by atoms with van der Waals surface area (Å²) in [5, 5.41) is 1.16. The molecule has 15 heavy (non-hydrogen) atoms. The summed E-state index contributed by atoms with van der Waals surface area (Å²) in [5.74, 6) is 3.55. The lowest BCUT2D eigenvalue weighted by molar-refractivity contribution is -0.103. The van der Waals surface area contributed by atoms with Gasteiger partial charge in [0.15, 0.2) is 0 Å². The van der Waals surface area contributed by atoms with Crippen LogP contribution in [0, 0.1) is 5.92 Å². The van der Waals surface area contributed by atoms with E-state index in [1.54, 1.807) is 0 Å². The van der Waals surface area contributed by atoms with Crippen LogP contribution in [0.1, 0.15) is 38.5 Å². The third kappa shape index (κ3) is 3.37. The topological polar surface area (TPSA) is 9.23 Å². The largest absolute Gasteiger partial charge is 0.375 e. The Morgan fingerprint density at radius 3 is 2.87 bits per heavy atom. The standard InChI is InChI=1S/C12H21BrOS/c13-6-1-2-11-3-7-14-12(10-11)4-8-15-9-5-12/h11H,1-10H2. The third-order valence-electron chi connectivity index (χ3n) is 3.75. The molecular weight excluding hydrogens is 272 g/mol. The highest BCUT2D eigenvalue weighted by Crippen LogP contribution is 2.40. The molecule has 0 radical (unpaired) electrons. The molecule has 0 aromatic heterocycles. The molecule has 1 atom stereocenters. The molecule has 1 spiro atoms. The molecule has 0 aliphatic carbocycles. The highest BCUT2D eigenvalue weighted by Gasteiger charge is 2.38. The molecule has 2 aliphatic heterocycles. The molecule has 0 bridgehead atoms. The smallest absolute Gasteiger partial charge is 0.0700 e. The second kappa shape index (κ2) is 5.92. The van der Waals surface area contributed by atoms with Gasteiger partial charge in [-0.15, -0.1) is 0 Å². The summed E-state index contributed by atoms with van der Waals surface area (Å²) in [6, 6.07) is 0. The molecule has 2 rings (SSSR count). The predicted octanol–water partition coefficient (Wildman–Crippen LogP) is 3.85. The Balaban J connectivity index is 1.85. The van der Waals surface area contributed by atoms with Crippen LogP contribution in [0.25, 0.3) is 0 Å². The molecule has 1 nitrogen and oxygen atoms in total. The predicted molar refractivity (Wildman–Crippen MR) is 71.0 cm³/mol. The normalized spacial score (nSPS) is 30.6. The van der Waals surface area contributed by atoms with Crippen LogP contribution in [0.3, 0.4) is 0 Å². The van der Waals surface area contributed by atoms with Gasteiger partial charge in [-0.1, -0.05) is 15.9 Å². The van der Waals surface area contributed by atoms with Crippen molar-refractivity contribution in [3.05, 3.63) is 0 Å². The summed E-state index contributed by atoms with van der Waals surface area (Å²) in [6.45, 7) is 1.01. The molecule has 2 fully saturated rings. The first-order valence-corrected chi connectivity index (χ1v) is 8.40. The second-order valence-corrected chi connectivity index (χ2v) is 6.85. The van der Waals surface area contributed by atoms with Crippen LogP contribution in [0.4, 0.5) is 0 Å². The number of hydrogen-bond acceptors (Lipinski definition) is 2. The minimum absolute atomic E-state index is 0.292. The van der Waals surface area contributed by atoms with Gasteiger partial charge in [0.05, 0.1) is 5.60 Å². The van der Waals surface area contributed by atoms with E-state index in [0.717, 1.165) is 17.9 Å². The average molecular weight is 293 g/mol. The molecule has 0 N–H and O–H groups in total. The Labute approximate surface area is 106 Å². The van der Waals surface area contributed by atoms with E-state index in [2.05, 4.69) is 27.7 Å². The van der Waals surface area contributed by atoms with Gasteiger partial charge in [0.25, 0.3) is 0 Å². The Hall–Kier alpha value is 0.790. The molecular formula is C12H21BrOS. The summed E-state index contributed by atoms with van der Waals surface area (Å²) >= 11 is 5.62. The lowest BCUT2D eigenvalue weighted by atomic mass is 9.80. The van der Waals surface area contributed by atoms with Crippen molar-refractivity contribution in [2.45, 2.75) is 44.1 Å². The van der Waals surface area contributed by atoms with Gasteiger partial charge in [0.1, 0.15) is 0 Å². The number of alkyl halides is 1. The van der Waals surface area contributed by atoms with E-state index in [-0.39, 0.29) is 0 Å². The Morgan fingerprint density at radius 1 is 1.33 bits per heavy atom. The van der Waals surface area contributed by atoms with E-state index in [1.807, 2.05) is 0 Å². The zero-order valence-electron chi connectivity index (χ0n) is 9.34. The summed E-state index contributed by atoms with van der Waals surface area (Å²) in [7, 11) is 0. The Bertz CT molecular complexity index is 187. The molecule has 2 aliphatic rings. The lowest BCUT2D eigenvalue weighted by Crippen LogP contribution is -2.42. The van der Waals surface area contributed by atoms with Gasteiger partial charge in [0.2, 0.25) is 0 Å². The number of thioether (sulfide) groups is 1. The van der Waals surface area contributed by atoms with E-state index in [9.17, 15) is 0 Å². The van der Waals surface area contributed by atoms with Gasteiger partial charge in [-0.2, -0.15) is 11.8 Å². The van der Waals surface area contributed by atoms with E-state index in [4.69, 9.17) is 4.74 Å². The minimum atomic E-state index is 0.292. The first-order chi connectivity index (χ1) is 7.35. The second-order valence-electron chi connectivity index (χ2n) is 4.83. The fourth-order valence-corrected chi connectivity index (χ4v) is 4.39. The van der Waals surface area contributed by atoms with Crippen LogP contribution in [-0.2, 0) is 4.74 Å². The van der Waals surface area contributed by atoms with E-state index in [0.29, 0.717) is 5.60 Å². The minimum Gasteiger partial charge on any atom is -0.375 e. The SMILES string of the molecule is BrCCCC1CCOC2(CCSCC2)C1. The number of ether oxygens (including phenoxy) is 1. The van der Waals surface area contributed by atoms with E-state index < -0.39 is 0 Å². The van der Waals surface area contributed by atoms with Crippen molar-refractivity contribution in [3.63, 3.8) is 0 Å². The fourth-order valence-electron chi connectivity index (χ4n) is 2.83. The highest BCUT2D eigenvalue weighted by atomic mass is 79.9. The van der Waals surface area contributed by atoms with Crippen LogP contribution >= 0.6 is 27.7 Å². The summed E-state index contributed by atoms with van der Waals surface area (Å²) in [6.07, 6.45) is 7.94. The van der Waals surface area contributed by atoms with Crippen LogP contribution in [0.5, 0.6) is 0 Å². The number of rotatable bonds is 3. The quantitative estimate of drug-likeness (QED) is 0.731. The van der Waals surface area contributed by atoms with Crippen molar-refractivity contribution < 1.29 is 4.74 Å². The molecule has 0 aromatic rings. The van der Waals surface area contributed by atoms with Crippen LogP contribution in [-0.4, -0.2) is 29.0 Å². The molecule has 0 amide bonds. The van der Waals surface area contributed by atoms with Gasteiger partial charge in [-0.3, -0.25) is 0 Å². The van der Waals surface area contributed by atoms with Crippen LogP contribution < -0.4 is 0 Å².